The molecule has 240 valence electrons. The van der Waals surface area contributed by atoms with Gasteiger partial charge in [0.1, 0.15) is 12.6 Å². The molecule has 0 aromatic heterocycles. The number of carboxylic acid groups (broad SMARTS) is 3. The van der Waals surface area contributed by atoms with E-state index in [0.717, 1.165) is 12.8 Å². The molecule has 17 heteroatoms. The molecule has 3 N–H and O–H groups in total. The highest BCUT2D eigenvalue weighted by atomic mass is 31.2. The van der Waals surface area contributed by atoms with Crippen LogP contribution in [0.25, 0.3) is 0 Å². The van der Waals surface area contributed by atoms with Gasteiger partial charge in [-0.2, -0.15) is 0 Å². The summed E-state index contributed by atoms with van der Waals surface area (Å²) in [6.07, 6.45) is 2.18. The van der Waals surface area contributed by atoms with E-state index in [2.05, 4.69) is 0 Å². The van der Waals surface area contributed by atoms with Crippen molar-refractivity contribution in [2.45, 2.75) is 65.5 Å². The Morgan fingerprint density at radius 2 is 1.00 bits per heavy atom. The second kappa shape index (κ2) is 19.0. The molecule has 0 aliphatic heterocycles. The highest BCUT2D eigenvalue weighted by molar-refractivity contribution is 7.54. The summed E-state index contributed by atoms with van der Waals surface area (Å²) in [6.45, 7) is 5.74. The molecule has 0 aromatic rings. The van der Waals surface area contributed by atoms with Crippen molar-refractivity contribution in [1.82, 2.24) is 14.7 Å². The second-order valence-electron chi connectivity index (χ2n) is 9.55. The van der Waals surface area contributed by atoms with Gasteiger partial charge in [0.15, 0.2) is 0 Å². The van der Waals surface area contributed by atoms with E-state index in [9.17, 15) is 38.8 Å². The summed E-state index contributed by atoms with van der Waals surface area (Å²) < 4.78 is 49.0. The SMILES string of the molecule is CCOP(=O)(CN(CCN(CC(=O)O)CC(=O)O)[C@@H]1CCCC[C@H]1N(CC(=O)O)CP(=O)(OCC)OCC)OCC. The first-order valence-electron chi connectivity index (χ1n) is 13.9. The van der Waals surface area contributed by atoms with Crippen LogP contribution in [0.1, 0.15) is 53.4 Å². The normalized spacial score (nSPS) is 18.3. The van der Waals surface area contributed by atoms with Crippen molar-refractivity contribution in [2.24, 2.45) is 0 Å². The summed E-state index contributed by atoms with van der Waals surface area (Å²) in [5, 5.41) is 28.3. The van der Waals surface area contributed by atoms with Crippen LogP contribution in [0, 0.1) is 0 Å². The van der Waals surface area contributed by atoms with Crippen molar-refractivity contribution in [3.05, 3.63) is 0 Å². The van der Waals surface area contributed by atoms with Gasteiger partial charge in [0, 0.05) is 25.2 Å². The fourth-order valence-electron chi connectivity index (χ4n) is 5.07. The van der Waals surface area contributed by atoms with E-state index >= 15 is 0 Å². The third kappa shape index (κ3) is 14.1. The average Bonchev–Trinajstić information content (AvgIpc) is 2.85. The minimum atomic E-state index is -3.68. The third-order valence-corrected chi connectivity index (χ3v) is 10.4. The summed E-state index contributed by atoms with van der Waals surface area (Å²) in [5.41, 5.74) is 0. The maximum atomic E-state index is 13.6. The highest BCUT2D eigenvalue weighted by Gasteiger charge is 2.41. The Bertz CT molecular complexity index is 888. The number of carbonyl (C=O) groups is 3. The van der Waals surface area contributed by atoms with Crippen LogP contribution in [0.4, 0.5) is 0 Å². The Labute approximate surface area is 242 Å². The summed E-state index contributed by atoms with van der Waals surface area (Å²) >= 11 is 0. The summed E-state index contributed by atoms with van der Waals surface area (Å²) in [5.74, 6) is -3.53. The minimum Gasteiger partial charge on any atom is -0.480 e. The van der Waals surface area contributed by atoms with Gasteiger partial charge in [0.05, 0.1) is 46.1 Å². The number of hydrogen-bond acceptors (Lipinski definition) is 12. The lowest BCUT2D eigenvalue weighted by Crippen LogP contribution is -2.56. The van der Waals surface area contributed by atoms with Crippen molar-refractivity contribution in [2.75, 3.05) is 71.7 Å². The van der Waals surface area contributed by atoms with Crippen LogP contribution < -0.4 is 0 Å². The molecule has 0 spiro atoms. The molecule has 0 amide bonds. The Morgan fingerprint density at radius 1 is 0.634 bits per heavy atom. The molecule has 15 nitrogen and oxygen atoms in total. The number of carboxylic acids is 3. The summed E-state index contributed by atoms with van der Waals surface area (Å²) in [7, 11) is -7.35. The van der Waals surface area contributed by atoms with Gasteiger partial charge in [-0.25, -0.2) is 0 Å². The van der Waals surface area contributed by atoms with Crippen molar-refractivity contribution < 1.29 is 56.9 Å². The quantitative estimate of drug-likeness (QED) is 0.139. The average molecular weight is 632 g/mol. The van der Waals surface area contributed by atoms with Crippen molar-refractivity contribution in [1.29, 1.82) is 0 Å². The van der Waals surface area contributed by atoms with Gasteiger partial charge in [-0.15, -0.1) is 0 Å². The minimum absolute atomic E-state index is 0.00931. The van der Waals surface area contributed by atoms with Crippen molar-refractivity contribution >= 4 is 33.1 Å². The van der Waals surface area contributed by atoms with Gasteiger partial charge in [-0.1, -0.05) is 12.8 Å². The Morgan fingerprint density at radius 3 is 1.37 bits per heavy atom. The molecule has 0 unspecified atom stereocenters. The van der Waals surface area contributed by atoms with E-state index in [-0.39, 0.29) is 52.1 Å². The highest BCUT2D eigenvalue weighted by Crippen LogP contribution is 2.51. The predicted octanol–water partition coefficient (Wildman–Crippen LogP) is 2.90. The maximum Gasteiger partial charge on any atom is 0.344 e. The second-order valence-corrected chi connectivity index (χ2v) is 13.6. The van der Waals surface area contributed by atoms with Gasteiger partial charge < -0.3 is 33.4 Å². The molecule has 0 radical (unpaired) electrons. The molecule has 0 aromatic carbocycles. The van der Waals surface area contributed by atoms with Gasteiger partial charge >= 0.3 is 33.1 Å². The number of rotatable bonds is 23. The standard InChI is InChI=1S/C24H47N3O12P2/c1-5-36-40(34,37-6-2)18-26(14-13-25(15-22(28)29)16-23(30)31)20-11-9-10-12-21(20)27(17-24(32)33)19-41(35,38-7-3)39-8-4/h20-21H,5-19H2,1-4H3,(H,28,29)(H,30,31)(H,32,33)/t20-,21-/m1/s1. The number of nitrogens with zero attached hydrogens (tertiary/aromatic N) is 3. The smallest absolute Gasteiger partial charge is 0.344 e. The van der Waals surface area contributed by atoms with Crippen LogP contribution in [-0.4, -0.2) is 132 Å². The Balaban J connectivity index is 3.48. The van der Waals surface area contributed by atoms with Crippen molar-refractivity contribution in [3.63, 3.8) is 0 Å². The fraction of sp³-hybridized carbons (Fsp3) is 0.875. The summed E-state index contributed by atoms with van der Waals surface area (Å²) in [6, 6.07) is -0.899. The first-order chi connectivity index (χ1) is 19.3. The molecular formula is C24H47N3O12P2. The first kappa shape index (κ1) is 37.6. The van der Waals surface area contributed by atoms with Gasteiger partial charge in [0.25, 0.3) is 0 Å². The van der Waals surface area contributed by atoms with Crippen molar-refractivity contribution in [3.8, 4) is 0 Å². The molecule has 1 fully saturated rings. The van der Waals surface area contributed by atoms with E-state index in [4.69, 9.17) is 18.1 Å². The fourth-order valence-corrected chi connectivity index (χ4v) is 8.67. The molecule has 0 bridgehead atoms. The van der Waals surface area contributed by atoms with Crippen LogP contribution in [-0.2, 0) is 41.6 Å². The lowest BCUT2D eigenvalue weighted by molar-refractivity contribution is -0.142. The number of hydrogen-bond donors (Lipinski definition) is 3. The van der Waals surface area contributed by atoms with Gasteiger partial charge in [0.2, 0.25) is 0 Å². The van der Waals surface area contributed by atoms with Crippen LogP contribution >= 0.6 is 15.2 Å². The van der Waals surface area contributed by atoms with E-state index in [0.29, 0.717) is 12.8 Å². The topological polar surface area (TPSA) is 193 Å². The van der Waals surface area contributed by atoms with Crippen LogP contribution in [0.5, 0.6) is 0 Å². The molecule has 41 heavy (non-hydrogen) atoms. The molecule has 0 heterocycles. The van der Waals surface area contributed by atoms with Crippen LogP contribution in [0.15, 0.2) is 0 Å². The zero-order chi connectivity index (χ0) is 31.1. The lowest BCUT2D eigenvalue weighted by atomic mass is 9.88. The first-order valence-corrected chi connectivity index (χ1v) is 17.4. The van der Waals surface area contributed by atoms with E-state index < -0.39 is 64.8 Å². The summed E-state index contributed by atoms with van der Waals surface area (Å²) in [4.78, 5) is 39.3. The zero-order valence-corrected chi connectivity index (χ0v) is 26.3. The Kier molecular flexibility index (Phi) is 17.4. The zero-order valence-electron chi connectivity index (χ0n) is 24.5. The predicted molar refractivity (Wildman–Crippen MR) is 150 cm³/mol. The lowest BCUT2D eigenvalue weighted by Gasteiger charge is -2.45. The number of aliphatic carboxylic acids is 3. The molecular weight excluding hydrogens is 584 g/mol. The van der Waals surface area contributed by atoms with E-state index in [1.807, 2.05) is 0 Å². The molecule has 1 saturated carbocycles. The van der Waals surface area contributed by atoms with Crippen LogP contribution in [0.2, 0.25) is 0 Å². The van der Waals surface area contributed by atoms with Crippen LogP contribution in [0.3, 0.4) is 0 Å². The molecule has 1 aliphatic carbocycles. The Hall–Kier alpha value is -1.41. The van der Waals surface area contributed by atoms with Gasteiger partial charge in [-0.3, -0.25) is 38.2 Å². The third-order valence-electron chi connectivity index (χ3n) is 6.40. The largest absolute Gasteiger partial charge is 0.480 e. The molecule has 2 atom stereocenters. The van der Waals surface area contributed by atoms with E-state index in [1.165, 1.54) is 4.90 Å². The van der Waals surface area contributed by atoms with Gasteiger partial charge in [-0.05, 0) is 40.5 Å². The molecule has 1 aliphatic rings. The molecule has 1 rings (SSSR count). The maximum absolute atomic E-state index is 13.6. The van der Waals surface area contributed by atoms with E-state index in [1.54, 1.807) is 37.5 Å². The molecule has 0 saturated heterocycles. The monoisotopic (exact) mass is 631 g/mol.